The molecule has 176 valence electrons. The van der Waals surface area contributed by atoms with Crippen molar-refractivity contribution in [2.45, 2.75) is 32.0 Å². The van der Waals surface area contributed by atoms with Crippen molar-refractivity contribution in [2.24, 2.45) is 0 Å². The number of hydrogen-bond donors (Lipinski definition) is 3. The van der Waals surface area contributed by atoms with Gasteiger partial charge in [0, 0.05) is 44.8 Å². The normalized spacial score (nSPS) is 25.2. The van der Waals surface area contributed by atoms with Crippen LogP contribution in [0.15, 0.2) is 18.2 Å². The first kappa shape index (κ1) is 22.2. The Kier molecular flexibility index (Phi) is 5.80. The number of nitrogens with one attached hydrogen (secondary N) is 2. The molecule has 3 aliphatic rings. The molecule has 0 unspecified atom stereocenters. The van der Waals surface area contributed by atoms with E-state index in [1.165, 1.54) is 18.2 Å². The van der Waals surface area contributed by atoms with Gasteiger partial charge in [-0.05, 0) is 26.0 Å². The van der Waals surface area contributed by atoms with E-state index in [1.807, 2.05) is 4.90 Å². The molecule has 1 amide bonds. The largest absolute Gasteiger partial charge is 0.507 e. The molecule has 2 fully saturated rings. The van der Waals surface area contributed by atoms with Crippen LogP contribution in [0.25, 0.3) is 11.3 Å². The summed E-state index contributed by atoms with van der Waals surface area (Å²) < 4.78 is 21.0. The summed E-state index contributed by atoms with van der Waals surface area (Å²) in [6.07, 6.45) is 0. The number of rotatable bonds is 2. The molecule has 3 N–H and O–H groups in total. The molecule has 33 heavy (non-hydrogen) atoms. The fourth-order valence-corrected chi connectivity index (χ4v) is 5.29. The molecule has 0 aliphatic carbocycles. The molecule has 3 aliphatic heterocycles. The molecule has 1 aromatic heterocycles. The molecule has 2 aromatic rings. The van der Waals surface area contributed by atoms with Gasteiger partial charge in [-0.25, -0.2) is 9.37 Å². The molecule has 1 aromatic carbocycles. The number of ether oxygens (including phenoxy) is 1. The molecule has 8 nitrogen and oxygen atoms in total. The van der Waals surface area contributed by atoms with Crippen LogP contribution in [0.1, 0.15) is 24.2 Å². The Morgan fingerprint density at radius 1 is 1.24 bits per heavy atom. The number of benzene rings is 1. The first-order chi connectivity index (χ1) is 15.8. The topological polar surface area (TPSA) is 90.0 Å². The molecule has 2 saturated heterocycles. The summed E-state index contributed by atoms with van der Waals surface area (Å²) in [5.74, 6) is -0.534. The third kappa shape index (κ3) is 3.88. The highest BCUT2D eigenvalue weighted by molar-refractivity contribution is 6.35. The molecule has 3 atom stereocenters. The number of anilines is 1. The number of fused-ring (bicyclic) bond motifs is 2. The van der Waals surface area contributed by atoms with Gasteiger partial charge in [-0.1, -0.05) is 17.7 Å². The predicted octanol–water partition coefficient (Wildman–Crippen LogP) is 2.24. The van der Waals surface area contributed by atoms with E-state index < -0.39 is 5.82 Å². The van der Waals surface area contributed by atoms with Crippen LogP contribution in [-0.4, -0.2) is 78.4 Å². The predicted molar refractivity (Wildman–Crippen MR) is 124 cm³/mol. The van der Waals surface area contributed by atoms with Gasteiger partial charge in [0.1, 0.15) is 40.3 Å². The molecule has 4 heterocycles. The lowest BCUT2D eigenvalue weighted by Gasteiger charge is -2.38. The first-order valence-corrected chi connectivity index (χ1v) is 11.6. The number of carbonyl (C=O) groups excluding carboxylic acids is 1. The smallest absolute Gasteiger partial charge is 0.261 e. The molecule has 0 radical (unpaired) electrons. The summed E-state index contributed by atoms with van der Waals surface area (Å²) in [7, 11) is 0. The zero-order valence-electron chi connectivity index (χ0n) is 18.6. The molecule has 10 heteroatoms. The second-order valence-electron chi connectivity index (χ2n) is 8.98. The first-order valence-electron chi connectivity index (χ1n) is 11.2. The summed E-state index contributed by atoms with van der Waals surface area (Å²) in [6.45, 7) is 7.44. The maximum Gasteiger partial charge on any atom is 0.261 e. The second kappa shape index (κ2) is 8.62. The fourth-order valence-electron chi connectivity index (χ4n) is 5.00. The molecule has 0 spiro atoms. The lowest BCUT2D eigenvalue weighted by atomic mass is 10.0. The van der Waals surface area contributed by atoms with E-state index in [0.717, 1.165) is 0 Å². The lowest BCUT2D eigenvalue weighted by Crippen LogP contribution is -2.56. The summed E-state index contributed by atoms with van der Waals surface area (Å²) in [5, 5.41) is 17.2. The minimum atomic E-state index is -0.654. The summed E-state index contributed by atoms with van der Waals surface area (Å²) in [6, 6.07) is 4.20. The van der Waals surface area contributed by atoms with Crippen LogP contribution < -0.4 is 20.3 Å². The van der Waals surface area contributed by atoms with Gasteiger partial charge in [0.2, 0.25) is 0 Å². The highest BCUT2D eigenvalue weighted by Gasteiger charge is 2.39. The van der Waals surface area contributed by atoms with Gasteiger partial charge < -0.3 is 30.3 Å². The number of aromatic nitrogens is 1. The number of hydrogen-bond acceptors (Lipinski definition) is 7. The molecular formula is C23H27ClFN5O3. The Morgan fingerprint density at radius 2 is 2.00 bits per heavy atom. The van der Waals surface area contributed by atoms with Crippen molar-refractivity contribution in [2.75, 3.05) is 44.2 Å². The third-order valence-electron chi connectivity index (χ3n) is 6.41. The van der Waals surface area contributed by atoms with Crippen molar-refractivity contribution < 1.29 is 19.0 Å². The van der Waals surface area contributed by atoms with E-state index >= 15 is 0 Å². The summed E-state index contributed by atoms with van der Waals surface area (Å²) in [4.78, 5) is 22.3. The van der Waals surface area contributed by atoms with E-state index in [9.17, 15) is 14.3 Å². The van der Waals surface area contributed by atoms with Gasteiger partial charge in [-0.15, -0.1) is 0 Å². The van der Waals surface area contributed by atoms with Gasteiger partial charge in [0.15, 0.2) is 5.75 Å². The monoisotopic (exact) mass is 475 g/mol. The average Bonchev–Trinajstić information content (AvgIpc) is 2.92. The fraction of sp³-hybridized carbons (Fsp3) is 0.478. The minimum absolute atomic E-state index is 0.0199. The summed E-state index contributed by atoms with van der Waals surface area (Å²) in [5.41, 5.74) is 0.249. The number of aromatic hydroxyl groups is 1. The van der Waals surface area contributed by atoms with Crippen molar-refractivity contribution in [3.8, 4) is 22.8 Å². The van der Waals surface area contributed by atoms with Crippen LogP contribution in [0.3, 0.4) is 0 Å². The number of carbonyl (C=O) groups is 1. The van der Waals surface area contributed by atoms with Crippen LogP contribution in [0.2, 0.25) is 5.02 Å². The average molecular weight is 476 g/mol. The molecular weight excluding hydrogens is 449 g/mol. The molecule has 0 saturated carbocycles. The number of amides is 1. The minimum Gasteiger partial charge on any atom is -0.507 e. The Bertz CT molecular complexity index is 1070. The Labute approximate surface area is 196 Å². The maximum absolute atomic E-state index is 14.8. The van der Waals surface area contributed by atoms with Crippen molar-refractivity contribution in [3.05, 3.63) is 34.6 Å². The Balaban J connectivity index is 1.74. The highest BCUT2D eigenvalue weighted by Crippen LogP contribution is 2.45. The van der Waals surface area contributed by atoms with Crippen molar-refractivity contribution in [1.82, 2.24) is 20.5 Å². The van der Waals surface area contributed by atoms with E-state index in [0.29, 0.717) is 44.1 Å². The maximum atomic E-state index is 14.8. The van der Waals surface area contributed by atoms with Crippen LogP contribution in [0.5, 0.6) is 11.5 Å². The van der Waals surface area contributed by atoms with Crippen LogP contribution in [-0.2, 0) is 0 Å². The van der Waals surface area contributed by atoms with Gasteiger partial charge in [0.25, 0.3) is 5.91 Å². The van der Waals surface area contributed by atoms with Crippen LogP contribution in [0.4, 0.5) is 10.2 Å². The SMILES string of the molecule is C[C@@H]1CN(c2nc(-c3c(O)cccc3F)c(Cl)c3c2C(=O)N2CCNC[C@@H]2CO3)C[C@H](C)N1. The van der Waals surface area contributed by atoms with Crippen molar-refractivity contribution in [3.63, 3.8) is 0 Å². The van der Waals surface area contributed by atoms with E-state index in [-0.39, 0.29) is 58.4 Å². The second-order valence-corrected chi connectivity index (χ2v) is 9.36. The zero-order valence-corrected chi connectivity index (χ0v) is 19.3. The number of pyridine rings is 1. The molecule has 0 bridgehead atoms. The van der Waals surface area contributed by atoms with E-state index in [1.54, 1.807) is 4.90 Å². The number of phenols is 1. The highest BCUT2D eigenvalue weighted by atomic mass is 35.5. The van der Waals surface area contributed by atoms with Gasteiger partial charge >= 0.3 is 0 Å². The summed E-state index contributed by atoms with van der Waals surface area (Å²) >= 11 is 6.73. The standard InChI is InChI=1S/C23H27ClFN5O3/c1-12-9-29(10-13(2)27-12)22-18-21(33-11-14-8-26-6-7-30(14)23(18)32)19(24)20(28-22)17-15(25)4-3-5-16(17)31/h3-5,12-14,26-27,31H,6-11H2,1-2H3/t12-,13+,14-/m1/s1. The number of phenolic OH excluding ortho intramolecular Hbond substituents is 1. The quantitative estimate of drug-likeness (QED) is 0.613. The molecule has 5 rings (SSSR count). The van der Waals surface area contributed by atoms with Gasteiger partial charge in [0.05, 0.1) is 11.6 Å². The third-order valence-corrected chi connectivity index (χ3v) is 6.76. The van der Waals surface area contributed by atoms with E-state index in [2.05, 4.69) is 24.5 Å². The Morgan fingerprint density at radius 3 is 2.73 bits per heavy atom. The Hall–Kier alpha value is -2.62. The van der Waals surface area contributed by atoms with Gasteiger partial charge in [-0.2, -0.15) is 0 Å². The van der Waals surface area contributed by atoms with Crippen LogP contribution >= 0.6 is 11.6 Å². The van der Waals surface area contributed by atoms with Crippen LogP contribution in [0, 0.1) is 5.82 Å². The zero-order chi connectivity index (χ0) is 23.3. The number of nitrogens with zero attached hydrogens (tertiary/aromatic N) is 3. The lowest BCUT2D eigenvalue weighted by molar-refractivity contribution is 0.0606. The van der Waals surface area contributed by atoms with Crippen molar-refractivity contribution in [1.29, 1.82) is 0 Å². The number of halogens is 2. The van der Waals surface area contributed by atoms with Gasteiger partial charge in [-0.3, -0.25) is 4.79 Å². The van der Waals surface area contributed by atoms with Crippen molar-refractivity contribution >= 4 is 23.3 Å². The number of piperazine rings is 2. The van der Waals surface area contributed by atoms with E-state index in [4.69, 9.17) is 21.3 Å².